The van der Waals surface area contributed by atoms with Crippen LogP contribution in [0.2, 0.25) is 0 Å². The van der Waals surface area contributed by atoms with Crippen molar-refractivity contribution in [2.45, 2.75) is 109 Å². The monoisotopic (exact) mass is 1110 g/mol. The highest BCUT2D eigenvalue weighted by molar-refractivity contribution is 7.13. The molecule has 19 nitrogen and oxygen atoms in total. The predicted octanol–water partition coefficient (Wildman–Crippen LogP) is 6.02. The number of nitrogens with one attached hydrogen (secondary N) is 2. The number of ether oxygens (including phenoxy) is 1. The number of para-hydroxylation sites is 1. The number of phenolic OH excluding ortho intramolecular Hbond substituents is 1. The molecule has 5 saturated heterocycles. The summed E-state index contributed by atoms with van der Waals surface area (Å²) in [6.07, 6.45) is 7.93. The molecule has 422 valence electrons. The molecular formula is C60H75N13O6S. The molecule has 2 bridgehead atoms. The predicted molar refractivity (Wildman–Crippen MR) is 311 cm³/mol. The molecule has 3 amide bonds. The van der Waals surface area contributed by atoms with Crippen LogP contribution in [0.4, 0.5) is 23.0 Å². The summed E-state index contributed by atoms with van der Waals surface area (Å²) >= 11 is 1.58. The van der Waals surface area contributed by atoms with Crippen LogP contribution in [0.15, 0.2) is 96.8 Å². The van der Waals surface area contributed by atoms with Crippen molar-refractivity contribution < 1.29 is 29.3 Å². The van der Waals surface area contributed by atoms with Gasteiger partial charge in [0, 0.05) is 113 Å². The van der Waals surface area contributed by atoms with Crippen LogP contribution in [0.1, 0.15) is 75.4 Å². The van der Waals surface area contributed by atoms with Gasteiger partial charge in [0.05, 0.1) is 46.6 Å². The number of anilines is 4. The number of nitrogens with two attached hydrogens (primary N) is 1. The van der Waals surface area contributed by atoms with Crippen LogP contribution in [-0.2, 0) is 38.5 Å². The lowest BCUT2D eigenvalue weighted by Crippen LogP contribution is -2.58. The maximum absolute atomic E-state index is 14.2. The number of likely N-dealkylation sites (tertiary alicyclic amines) is 1. The molecule has 80 heavy (non-hydrogen) atoms. The minimum absolute atomic E-state index is 0.00377. The van der Waals surface area contributed by atoms with Crippen molar-refractivity contribution in [3.05, 3.63) is 119 Å². The van der Waals surface area contributed by atoms with Crippen molar-refractivity contribution in [3.63, 3.8) is 0 Å². The molecule has 11 rings (SSSR count). The van der Waals surface area contributed by atoms with Crippen molar-refractivity contribution >= 4 is 52.1 Å². The summed E-state index contributed by atoms with van der Waals surface area (Å²) in [5, 5.41) is 35.8. The van der Waals surface area contributed by atoms with Gasteiger partial charge in [-0.25, -0.2) is 9.97 Å². The quantitative estimate of drug-likeness (QED) is 0.0584. The number of carbonyl (C=O) groups is 3. The molecule has 5 atom stereocenters. The maximum Gasteiger partial charge on any atom is 0.246 e. The van der Waals surface area contributed by atoms with E-state index in [9.17, 15) is 24.6 Å². The average Bonchev–Trinajstić information content (AvgIpc) is 4.15. The number of aryl methyl sites for hydroxylation is 2. The van der Waals surface area contributed by atoms with Gasteiger partial charge < -0.3 is 50.9 Å². The van der Waals surface area contributed by atoms with Gasteiger partial charge in [-0.05, 0) is 97.5 Å². The van der Waals surface area contributed by atoms with Gasteiger partial charge >= 0.3 is 0 Å². The van der Waals surface area contributed by atoms with Crippen LogP contribution in [-0.4, -0.2) is 159 Å². The van der Waals surface area contributed by atoms with Gasteiger partial charge in [-0.2, -0.15) is 0 Å². The Bertz CT molecular complexity index is 3090. The maximum atomic E-state index is 14.2. The smallest absolute Gasteiger partial charge is 0.246 e. The molecule has 0 radical (unpaired) electrons. The molecule has 0 spiro atoms. The van der Waals surface area contributed by atoms with E-state index < -0.39 is 29.5 Å². The van der Waals surface area contributed by atoms with Crippen LogP contribution < -0.4 is 31.1 Å². The van der Waals surface area contributed by atoms with Crippen molar-refractivity contribution in [2.24, 2.45) is 5.41 Å². The Morgan fingerprint density at radius 3 is 2.38 bits per heavy atom. The number of benzene rings is 2. The fourth-order valence-electron chi connectivity index (χ4n) is 11.6. The number of rotatable bonds is 19. The molecule has 6 N–H and O–H groups in total. The van der Waals surface area contributed by atoms with Gasteiger partial charge in [0.15, 0.2) is 5.82 Å². The van der Waals surface area contributed by atoms with Crippen LogP contribution in [0.5, 0.6) is 5.75 Å². The first-order valence-electron chi connectivity index (χ1n) is 28.1. The lowest BCUT2D eigenvalue weighted by atomic mass is 9.85. The number of thiazole rings is 1. The Morgan fingerprint density at radius 2 is 1.64 bits per heavy atom. The van der Waals surface area contributed by atoms with E-state index >= 15 is 0 Å². The summed E-state index contributed by atoms with van der Waals surface area (Å²) in [4.78, 5) is 67.3. The molecule has 9 heterocycles. The molecule has 5 aliphatic heterocycles. The summed E-state index contributed by atoms with van der Waals surface area (Å²) in [6, 6.07) is 24.1. The number of amides is 3. The first-order valence-corrected chi connectivity index (χ1v) is 29.0. The van der Waals surface area contributed by atoms with Crippen molar-refractivity contribution in [1.29, 1.82) is 0 Å². The van der Waals surface area contributed by atoms with Crippen molar-refractivity contribution in [1.82, 2.24) is 45.6 Å². The zero-order valence-electron chi connectivity index (χ0n) is 46.3. The second kappa shape index (κ2) is 25.0. The zero-order valence-corrected chi connectivity index (χ0v) is 47.2. The topological polar surface area (TPSA) is 232 Å². The van der Waals surface area contributed by atoms with Gasteiger partial charge in [0.1, 0.15) is 23.7 Å². The lowest BCUT2D eigenvalue weighted by molar-refractivity contribution is -0.144. The van der Waals surface area contributed by atoms with Crippen LogP contribution in [0.3, 0.4) is 0 Å². The highest BCUT2D eigenvalue weighted by Gasteiger charge is 2.45. The van der Waals surface area contributed by atoms with Crippen LogP contribution in [0, 0.1) is 12.3 Å². The summed E-state index contributed by atoms with van der Waals surface area (Å²) in [7, 11) is 0. The highest BCUT2D eigenvalue weighted by Crippen LogP contribution is 2.39. The average molecular weight is 1110 g/mol. The summed E-state index contributed by atoms with van der Waals surface area (Å²) in [6.45, 7) is 15.2. The van der Waals surface area contributed by atoms with E-state index in [2.05, 4.69) is 57.5 Å². The number of fused-ring (bicyclic) bond motifs is 4. The minimum Gasteiger partial charge on any atom is -0.507 e. The third-order valence-corrected chi connectivity index (χ3v) is 17.0. The van der Waals surface area contributed by atoms with E-state index in [0.29, 0.717) is 36.3 Å². The number of aromatic nitrogens is 5. The number of β-amino-alcohol motifs (C(OH)–C–C–N with tert-alkyl or cyclic N) is 1. The first-order chi connectivity index (χ1) is 38.6. The van der Waals surface area contributed by atoms with E-state index in [1.807, 2.05) is 94.0 Å². The SMILES string of the molecule is Cc1ncsc1-c1ccc(CNC(=O)[C@@H]2C[C@@H](O)CN2C(=O)[C@@H](NC(=O)Cc2ccc(N3CCN(CCOCCCc4cc(N5CC6CCCC5CN6c5cc(-c6ccccc6O)nnc5N)ccn4)CC3)nc2)C(C)(C)C)cc1. The molecule has 6 aromatic rings. The number of aliphatic hydroxyl groups is 1. The van der Waals surface area contributed by atoms with E-state index in [1.54, 1.807) is 29.7 Å². The first kappa shape index (κ1) is 56.0. The fraction of sp³-hybridized carbons (Fsp3) is 0.467. The number of aromatic hydroxyl groups is 1. The molecule has 5 fully saturated rings. The molecule has 2 aromatic carbocycles. The van der Waals surface area contributed by atoms with Crippen LogP contribution in [0.25, 0.3) is 21.7 Å². The molecule has 5 aliphatic rings. The third kappa shape index (κ3) is 13.3. The standard InChI is InChI=1S/C60H75N13O6S/c1-39-55(80-38-65-39)42-17-14-40(15-18-42)33-64-58(77)51-31-47(74)37-73(51)59(78)56(60(2,3)4)66-54(76)29-41-16-19-53(63-34-41)70-24-22-69(23-25-70)26-28-79-27-8-9-43-30-44(20-21-62-43)71-35-46-11-7-10-45(71)36-72(46)50-32-49(67-68-57(50)61)48-12-5-6-13-52(48)75/h5-6,12-21,30,32,34,38,45-47,51,56,74-75H,7-11,22-29,31,33,35-37H2,1-4H3,(H2,61,68)(H,64,77)(H,66,76)/t45?,46?,47-,51+,56-/m1/s1. The lowest BCUT2D eigenvalue weighted by Gasteiger charge is -2.46. The van der Waals surface area contributed by atoms with Crippen LogP contribution >= 0.6 is 11.3 Å². The number of hydrogen-bond acceptors (Lipinski definition) is 17. The van der Waals surface area contributed by atoms with E-state index in [1.165, 1.54) is 10.6 Å². The Balaban J connectivity index is 0.632. The summed E-state index contributed by atoms with van der Waals surface area (Å²) in [5.74, 6) is 0.340. The number of phenols is 1. The van der Waals surface area contributed by atoms with Gasteiger partial charge in [-0.15, -0.1) is 21.5 Å². The Kier molecular flexibility index (Phi) is 17.5. The molecule has 2 unspecified atom stereocenters. The van der Waals surface area contributed by atoms with Gasteiger partial charge in [-0.3, -0.25) is 24.3 Å². The fourth-order valence-corrected chi connectivity index (χ4v) is 12.4. The van der Waals surface area contributed by atoms with Gasteiger partial charge in [0.2, 0.25) is 17.7 Å². The largest absolute Gasteiger partial charge is 0.507 e. The number of aliphatic hydroxyl groups excluding tert-OH is 1. The zero-order chi connectivity index (χ0) is 55.9. The van der Waals surface area contributed by atoms with Gasteiger partial charge in [0.25, 0.3) is 0 Å². The number of nitrogens with zero attached hydrogens (tertiary/aromatic N) is 10. The third-order valence-electron chi connectivity index (χ3n) is 16.0. The van der Waals surface area contributed by atoms with E-state index in [4.69, 9.17) is 20.4 Å². The second-order valence-corrected chi connectivity index (χ2v) is 23.6. The molecule has 20 heteroatoms. The van der Waals surface area contributed by atoms with Gasteiger partial charge in [-0.1, -0.05) is 63.2 Å². The molecule has 0 aliphatic carbocycles. The second-order valence-electron chi connectivity index (χ2n) is 22.8. The van der Waals surface area contributed by atoms with E-state index in [0.717, 1.165) is 122 Å². The molecule has 0 saturated carbocycles. The number of pyridine rings is 2. The summed E-state index contributed by atoms with van der Waals surface area (Å²) < 4.78 is 6.13. The highest BCUT2D eigenvalue weighted by atomic mass is 32.1. The normalized spacial score (nSPS) is 20.0. The number of hydrogen-bond donors (Lipinski definition) is 5. The number of carbonyl (C=O) groups excluding carboxylic acids is 3. The number of piperazine rings is 2. The molecule has 4 aromatic heterocycles. The van der Waals surface area contributed by atoms with Crippen molar-refractivity contribution in [3.8, 4) is 27.4 Å². The molecular weight excluding hydrogens is 1030 g/mol. The minimum atomic E-state index is -0.930. The Hall–Kier alpha value is -7.26. The summed E-state index contributed by atoms with van der Waals surface area (Å²) in [5.41, 5.74) is 15.6. The number of nitrogen functional groups attached to an aromatic ring is 1. The van der Waals surface area contributed by atoms with Crippen molar-refractivity contribution in [2.75, 3.05) is 86.0 Å². The Labute approximate surface area is 472 Å². The Morgan fingerprint density at radius 1 is 0.875 bits per heavy atom. The van der Waals surface area contributed by atoms with E-state index in [-0.39, 0.29) is 49.5 Å².